The molecule has 0 aromatic rings. The zero-order valence-electron chi connectivity index (χ0n) is 9.87. The van der Waals surface area contributed by atoms with Gasteiger partial charge in [0.25, 0.3) is 0 Å². The van der Waals surface area contributed by atoms with Crippen molar-refractivity contribution in [2.24, 2.45) is 0 Å². The third-order valence-corrected chi connectivity index (χ3v) is 2.23. The number of amides is 1. The molecule has 0 aromatic heterocycles. The van der Waals surface area contributed by atoms with Gasteiger partial charge in [-0.1, -0.05) is 0 Å². The summed E-state index contributed by atoms with van der Waals surface area (Å²) in [5, 5.41) is 2.82. The molecule has 1 unspecified atom stereocenters. The Morgan fingerprint density at radius 1 is 1.33 bits per heavy atom. The minimum Gasteiger partial charge on any atom is -0.468 e. The van der Waals surface area contributed by atoms with Crippen molar-refractivity contribution in [2.45, 2.75) is 26.8 Å². The Morgan fingerprint density at radius 3 is 2.27 bits per heavy atom. The van der Waals surface area contributed by atoms with Crippen LogP contribution in [0.25, 0.3) is 0 Å². The van der Waals surface area contributed by atoms with Crippen molar-refractivity contribution in [1.29, 1.82) is 0 Å². The molecule has 0 aliphatic heterocycles. The van der Waals surface area contributed by atoms with Gasteiger partial charge in [0, 0.05) is 13.1 Å². The third-order valence-electron chi connectivity index (χ3n) is 2.23. The van der Waals surface area contributed by atoms with Crippen LogP contribution in [0.4, 0.5) is 0 Å². The molecule has 15 heavy (non-hydrogen) atoms. The number of hydrogen-bond acceptors (Lipinski definition) is 4. The second kappa shape index (κ2) is 7.23. The number of ether oxygens (including phenoxy) is 1. The highest BCUT2D eigenvalue weighted by Gasteiger charge is 2.18. The van der Waals surface area contributed by atoms with Crippen LogP contribution in [0.1, 0.15) is 20.8 Å². The maximum absolute atomic E-state index is 11.7. The lowest BCUT2D eigenvalue weighted by molar-refractivity contribution is -0.140. The number of nitrogens with zero attached hydrogens (tertiary/aromatic N) is 1. The third kappa shape index (κ3) is 4.78. The molecule has 0 aliphatic rings. The predicted molar refractivity (Wildman–Crippen MR) is 57.4 cm³/mol. The Labute approximate surface area is 90.8 Å². The van der Waals surface area contributed by atoms with Crippen LogP contribution in [0.5, 0.6) is 0 Å². The topological polar surface area (TPSA) is 58.6 Å². The van der Waals surface area contributed by atoms with E-state index >= 15 is 0 Å². The first kappa shape index (κ1) is 13.9. The summed E-state index contributed by atoms with van der Waals surface area (Å²) in [6, 6.07) is -0.357. The van der Waals surface area contributed by atoms with Gasteiger partial charge in [0.05, 0.1) is 19.7 Å². The number of rotatable bonds is 6. The van der Waals surface area contributed by atoms with Crippen LogP contribution in [0.15, 0.2) is 0 Å². The Balaban J connectivity index is 4.03. The monoisotopic (exact) mass is 216 g/mol. The van der Waals surface area contributed by atoms with Gasteiger partial charge in [0.15, 0.2) is 0 Å². The van der Waals surface area contributed by atoms with E-state index in [1.54, 1.807) is 11.8 Å². The zero-order chi connectivity index (χ0) is 11.8. The fourth-order valence-corrected chi connectivity index (χ4v) is 1.21. The quantitative estimate of drug-likeness (QED) is 0.635. The molecule has 1 amide bonds. The molecule has 0 bridgehead atoms. The SMILES string of the molecule is CCN(CC)C(=O)C(C)NCC(=O)OC. The van der Waals surface area contributed by atoms with Gasteiger partial charge >= 0.3 is 5.97 Å². The second-order valence-corrected chi connectivity index (χ2v) is 3.19. The number of methoxy groups -OCH3 is 1. The Kier molecular flexibility index (Phi) is 6.70. The van der Waals surface area contributed by atoms with E-state index in [9.17, 15) is 9.59 Å². The second-order valence-electron chi connectivity index (χ2n) is 3.19. The highest BCUT2D eigenvalue weighted by Crippen LogP contribution is 1.94. The van der Waals surface area contributed by atoms with Crippen LogP contribution < -0.4 is 5.32 Å². The van der Waals surface area contributed by atoms with Crippen molar-refractivity contribution in [3.63, 3.8) is 0 Å². The van der Waals surface area contributed by atoms with Crippen LogP contribution in [0.3, 0.4) is 0 Å². The van der Waals surface area contributed by atoms with Gasteiger partial charge in [0.1, 0.15) is 0 Å². The predicted octanol–water partition coefficient (Wildman–Crippen LogP) is 0.00590. The molecule has 88 valence electrons. The summed E-state index contributed by atoms with van der Waals surface area (Å²) < 4.78 is 4.47. The lowest BCUT2D eigenvalue weighted by Crippen LogP contribution is -2.46. The summed E-state index contributed by atoms with van der Waals surface area (Å²) in [6.07, 6.45) is 0. The van der Waals surface area contributed by atoms with Crippen LogP contribution in [0.2, 0.25) is 0 Å². The summed E-state index contributed by atoms with van der Waals surface area (Å²) >= 11 is 0. The molecule has 0 radical (unpaired) electrons. The number of carbonyl (C=O) groups excluding carboxylic acids is 2. The number of hydrogen-bond donors (Lipinski definition) is 1. The number of likely N-dealkylation sites (N-methyl/N-ethyl adjacent to an activating group) is 1. The van der Waals surface area contributed by atoms with Gasteiger partial charge in [-0.2, -0.15) is 0 Å². The van der Waals surface area contributed by atoms with Gasteiger partial charge in [0.2, 0.25) is 5.91 Å². The number of esters is 1. The average Bonchev–Trinajstić information content (AvgIpc) is 2.26. The Bertz CT molecular complexity index is 215. The summed E-state index contributed by atoms with van der Waals surface area (Å²) in [5.74, 6) is -0.363. The molecule has 0 aromatic carbocycles. The van der Waals surface area contributed by atoms with Gasteiger partial charge < -0.3 is 9.64 Å². The van der Waals surface area contributed by atoms with E-state index in [1.165, 1.54) is 7.11 Å². The van der Waals surface area contributed by atoms with Gasteiger partial charge in [-0.25, -0.2) is 0 Å². The minimum atomic E-state index is -0.366. The first-order chi connectivity index (χ1) is 7.06. The molecule has 1 N–H and O–H groups in total. The van der Waals surface area contributed by atoms with E-state index in [1.807, 2.05) is 13.8 Å². The Hall–Kier alpha value is -1.10. The summed E-state index contributed by atoms with van der Waals surface area (Å²) in [4.78, 5) is 24.3. The number of carbonyl (C=O) groups is 2. The molecular formula is C10H20N2O3. The van der Waals surface area contributed by atoms with Crippen molar-refractivity contribution in [2.75, 3.05) is 26.7 Å². The molecular weight excluding hydrogens is 196 g/mol. The lowest BCUT2D eigenvalue weighted by Gasteiger charge is -2.23. The average molecular weight is 216 g/mol. The van der Waals surface area contributed by atoms with E-state index < -0.39 is 0 Å². The van der Waals surface area contributed by atoms with Crippen LogP contribution in [-0.2, 0) is 14.3 Å². The van der Waals surface area contributed by atoms with E-state index in [-0.39, 0.29) is 24.5 Å². The highest BCUT2D eigenvalue weighted by molar-refractivity contribution is 5.82. The molecule has 1 atom stereocenters. The first-order valence-corrected chi connectivity index (χ1v) is 5.15. The highest BCUT2D eigenvalue weighted by atomic mass is 16.5. The maximum atomic E-state index is 11.7. The van der Waals surface area contributed by atoms with Crippen molar-refractivity contribution < 1.29 is 14.3 Å². The molecule has 0 aliphatic carbocycles. The zero-order valence-corrected chi connectivity index (χ0v) is 9.87. The van der Waals surface area contributed by atoms with E-state index in [0.29, 0.717) is 13.1 Å². The Morgan fingerprint density at radius 2 is 1.87 bits per heavy atom. The minimum absolute atomic E-state index is 0.00361. The molecule has 0 rings (SSSR count). The summed E-state index contributed by atoms with van der Waals surface area (Å²) in [7, 11) is 1.32. The van der Waals surface area contributed by atoms with E-state index in [2.05, 4.69) is 10.1 Å². The van der Waals surface area contributed by atoms with Crippen LogP contribution >= 0.6 is 0 Å². The fraction of sp³-hybridized carbons (Fsp3) is 0.800. The molecule has 5 heteroatoms. The maximum Gasteiger partial charge on any atom is 0.319 e. The van der Waals surface area contributed by atoms with Crippen molar-refractivity contribution in [1.82, 2.24) is 10.2 Å². The summed E-state index contributed by atoms with van der Waals surface area (Å²) in [5.41, 5.74) is 0. The molecule has 0 saturated carbocycles. The normalized spacial score (nSPS) is 12.0. The largest absolute Gasteiger partial charge is 0.468 e. The lowest BCUT2D eigenvalue weighted by atomic mass is 10.3. The van der Waals surface area contributed by atoms with Crippen molar-refractivity contribution >= 4 is 11.9 Å². The van der Waals surface area contributed by atoms with E-state index in [4.69, 9.17) is 0 Å². The van der Waals surface area contributed by atoms with Gasteiger partial charge in [-0.05, 0) is 20.8 Å². The van der Waals surface area contributed by atoms with Crippen molar-refractivity contribution in [3.05, 3.63) is 0 Å². The van der Waals surface area contributed by atoms with Crippen molar-refractivity contribution in [3.8, 4) is 0 Å². The number of nitrogens with one attached hydrogen (secondary N) is 1. The van der Waals surface area contributed by atoms with E-state index in [0.717, 1.165) is 0 Å². The van der Waals surface area contributed by atoms with Crippen LogP contribution in [0, 0.1) is 0 Å². The molecule has 0 fully saturated rings. The van der Waals surface area contributed by atoms with Gasteiger partial charge in [-0.15, -0.1) is 0 Å². The first-order valence-electron chi connectivity index (χ1n) is 5.15. The fourth-order valence-electron chi connectivity index (χ4n) is 1.21. The smallest absolute Gasteiger partial charge is 0.319 e. The summed E-state index contributed by atoms with van der Waals surface area (Å²) in [6.45, 7) is 7.01. The molecule has 0 saturated heterocycles. The van der Waals surface area contributed by atoms with Gasteiger partial charge in [-0.3, -0.25) is 14.9 Å². The molecule has 0 spiro atoms. The molecule has 5 nitrogen and oxygen atoms in total. The van der Waals surface area contributed by atoms with Crippen LogP contribution in [-0.4, -0.2) is 49.6 Å². The standard InChI is InChI=1S/C10H20N2O3/c1-5-12(6-2)10(14)8(3)11-7-9(13)15-4/h8,11H,5-7H2,1-4H3. The molecule has 0 heterocycles.